The van der Waals surface area contributed by atoms with Gasteiger partial charge in [0.1, 0.15) is 11.6 Å². The molecule has 1 aromatic carbocycles. The Morgan fingerprint density at radius 3 is 2.45 bits per heavy atom. The first-order valence-corrected chi connectivity index (χ1v) is 4.25. The van der Waals surface area contributed by atoms with E-state index in [4.69, 9.17) is 12.2 Å². The van der Waals surface area contributed by atoms with Gasteiger partial charge in [-0.1, -0.05) is 12.2 Å². The second-order valence-corrected chi connectivity index (χ2v) is 4.12. The Labute approximate surface area is 81.7 Å². The summed E-state index contributed by atoms with van der Waals surface area (Å²) in [5.74, 6) is -1.19. The highest BCUT2D eigenvalue weighted by molar-refractivity contribution is 14.1. The third-order valence-corrected chi connectivity index (χ3v) is 1.94. The number of hydrogen-bond donors (Lipinski definition) is 0. The highest BCUT2D eigenvalue weighted by atomic mass is 127. The number of rotatable bonds is 1. The summed E-state index contributed by atoms with van der Waals surface area (Å²) in [7, 11) is 0. The van der Waals surface area contributed by atoms with Crippen molar-refractivity contribution in [3.05, 3.63) is 35.4 Å². The van der Waals surface area contributed by atoms with Crippen molar-refractivity contribution < 1.29 is 8.78 Å². The van der Waals surface area contributed by atoms with Crippen LogP contribution in [0.15, 0.2) is 18.2 Å². The fraction of sp³-hybridized carbons (Fsp3) is 0. The predicted molar refractivity (Wildman–Crippen MR) is 52.1 cm³/mol. The topological polar surface area (TPSA) is 0 Å². The summed E-state index contributed by atoms with van der Waals surface area (Å²) >= 11 is 6.53. The van der Waals surface area contributed by atoms with E-state index in [1.54, 1.807) is 0 Å². The fourth-order valence-electron chi connectivity index (χ4n) is 0.649. The van der Waals surface area contributed by atoms with E-state index < -0.39 is 11.6 Å². The highest BCUT2D eigenvalue weighted by Gasteiger charge is 2.05. The molecule has 0 saturated heterocycles. The summed E-state index contributed by atoms with van der Waals surface area (Å²) in [5.41, 5.74) is 0.280. The molecule has 0 radical (unpaired) electrons. The zero-order valence-electron chi connectivity index (χ0n) is 5.27. The molecular formula is C7H3F2IS. The molecule has 0 amide bonds. The van der Waals surface area contributed by atoms with Crippen LogP contribution in [0.1, 0.15) is 5.56 Å². The van der Waals surface area contributed by atoms with Gasteiger partial charge in [-0.25, -0.2) is 8.78 Å². The van der Waals surface area contributed by atoms with E-state index in [-0.39, 0.29) is 5.56 Å². The van der Waals surface area contributed by atoms with Gasteiger partial charge in [0, 0.05) is 11.6 Å². The van der Waals surface area contributed by atoms with Crippen LogP contribution >= 0.6 is 34.8 Å². The molecule has 0 aliphatic heterocycles. The third kappa shape index (κ3) is 2.16. The molecule has 0 N–H and O–H groups in total. The minimum absolute atomic E-state index is 0.280. The van der Waals surface area contributed by atoms with Crippen molar-refractivity contribution in [2.45, 2.75) is 0 Å². The summed E-state index contributed by atoms with van der Waals surface area (Å²) in [6, 6.07) is 3.34. The Morgan fingerprint density at radius 1 is 1.36 bits per heavy atom. The van der Waals surface area contributed by atoms with Gasteiger partial charge in [-0.3, -0.25) is 0 Å². The Kier molecular flexibility index (Phi) is 2.89. The molecule has 58 valence electrons. The van der Waals surface area contributed by atoms with Crippen LogP contribution in [0.3, 0.4) is 0 Å². The van der Waals surface area contributed by atoms with E-state index in [0.29, 0.717) is 2.87 Å². The van der Waals surface area contributed by atoms with Gasteiger partial charge in [0.25, 0.3) is 0 Å². The summed E-state index contributed by atoms with van der Waals surface area (Å²) in [6.45, 7) is 0. The number of halogens is 3. The highest BCUT2D eigenvalue weighted by Crippen LogP contribution is 2.13. The molecule has 4 heteroatoms. The molecule has 0 aromatic heterocycles. The SMILES string of the molecule is Fc1ccc(C(=S)I)c(F)c1. The maximum absolute atomic E-state index is 12.8. The van der Waals surface area contributed by atoms with Crippen LogP contribution in [0, 0.1) is 11.6 Å². The molecule has 0 unspecified atom stereocenters. The van der Waals surface area contributed by atoms with Crippen LogP contribution in [0.5, 0.6) is 0 Å². The van der Waals surface area contributed by atoms with Crippen LogP contribution in [-0.2, 0) is 0 Å². The van der Waals surface area contributed by atoms with Gasteiger partial charge in [-0.05, 0) is 34.7 Å². The molecule has 0 saturated carbocycles. The molecule has 0 bridgehead atoms. The van der Waals surface area contributed by atoms with E-state index in [2.05, 4.69) is 0 Å². The van der Waals surface area contributed by atoms with Gasteiger partial charge in [-0.15, -0.1) is 0 Å². The zero-order valence-corrected chi connectivity index (χ0v) is 8.25. The lowest BCUT2D eigenvalue weighted by molar-refractivity contribution is 0.582. The van der Waals surface area contributed by atoms with Crippen molar-refractivity contribution in [3.8, 4) is 0 Å². The zero-order chi connectivity index (χ0) is 8.43. The van der Waals surface area contributed by atoms with Crippen molar-refractivity contribution in [1.82, 2.24) is 0 Å². The minimum atomic E-state index is -0.607. The predicted octanol–water partition coefficient (Wildman–Crippen LogP) is 3.08. The standard InChI is InChI=1S/C7H3F2IS/c8-4-1-2-5(7(10)11)6(9)3-4/h1-3H. The van der Waals surface area contributed by atoms with Gasteiger partial charge in [0.2, 0.25) is 0 Å². The first kappa shape index (κ1) is 8.99. The normalized spacial score (nSPS) is 9.73. The minimum Gasteiger partial charge on any atom is -0.207 e. The number of hydrogen-bond acceptors (Lipinski definition) is 1. The Hall–Kier alpha value is -0.100. The van der Waals surface area contributed by atoms with Gasteiger partial charge in [-0.2, -0.15) is 0 Å². The van der Waals surface area contributed by atoms with E-state index >= 15 is 0 Å². The van der Waals surface area contributed by atoms with Crippen LogP contribution in [0.25, 0.3) is 0 Å². The Morgan fingerprint density at radius 2 is 2.00 bits per heavy atom. The lowest BCUT2D eigenvalue weighted by atomic mass is 10.2. The monoisotopic (exact) mass is 284 g/mol. The van der Waals surface area contributed by atoms with E-state index in [0.717, 1.165) is 6.07 Å². The molecule has 0 aliphatic rings. The van der Waals surface area contributed by atoms with Crippen molar-refractivity contribution in [1.29, 1.82) is 0 Å². The maximum atomic E-state index is 12.8. The number of benzene rings is 1. The average molecular weight is 284 g/mol. The summed E-state index contributed by atoms with van der Waals surface area (Å²) in [4.78, 5) is 0. The average Bonchev–Trinajstić information content (AvgIpc) is 1.85. The van der Waals surface area contributed by atoms with Crippen LogP contribution in [0.4, 0.5) is 8.78 Å². The molecule has 11 heavy (non-hydrogen) atoms. The van der Waals surface area contributed by atoms with Gasteiger partial charge < -0.3 is 0 Å². The van der Waals surface area contributed by atoms with Crippen LogP contribution < -0.4 is 0 Å². The fourth-order valence-corrected chi connectivity index (χ4v) is 1.25. The lowest BCUT2D eigenvalue weighted by Gasteiger charge is -1.97. The molecule has 1 aromatic rings. The number of thiocarbonyl (C=S) groups is 1. The van der Waals surface area contributed by atoms with Gasteiger partial charge in [0.05, 0.1) is 2.87 Å². The molecule has 0 heterocycles. The largest absolute Gasteiger partial charge is 0.207 e. The molecule has 0 aliphatic carbocycles. The Balaban J connectivity index is 3.20. The molecule has 0 spiro atoms. The first-order chi connectivity index (χ1) is 5.11. The van der Waals surface area contributed by atoms with Crippen molar-refractivity contribution in [3.63, 3.8) is 0 Å². The van der Waals surface area contributed by atoms with Crippen molar-refractivity contribution >= 4 is 37.7 Å². The quantitative estimate of drug-likeness (QED) is 0.434. The second kappa shape index (κ2) is 3.53. The summed E-state index contributed by atoms with van der Waals surface area (Å²) in [6.07, 6.45) is 0. The first-order valence-electron chi connectivity index (χ1n) is 2.76. The van der Waals surface area contributed by atoms with Crippen molar-refractivity contribution in [2.24, 2.45) is 0 Å². The van der Waals surface area contributed by atoms with Gasteiger partial charge in [0.15, 0.2) is 0 Å². The van der Waals surface area contributed by atoms with Crippen LogP contribution in [0.2, 0.25) is 0 Å². The van der Waals surface area contributed by atoms with Gasteiger partial charge >= 0.3 is 0 Å². The Bertz CT molecular complexity index is 298. The van der Waals surface area contributed by atoms with E-state index in [1.165, 1.54) is 12.1 Å². The summed E-state index contributed by atoms with van der Waals surface area (Å²) in [5, 5.41) is 0. The molecule has 1 rings (SSSR count). The van der Waals surface area contributed by atoms with E-state index in [9.17, 15) is 8.78 Å². The molecule has 0 atom stereocenters. The van der Waals surface area contributed by atoms with E-state index in [1.807, 2.05) is 22.6 Å². The lowest BCUT2D eigenvalue weighted by Crippen LogP contribution is -1.92. The molecule has 0 fully saturated rings. The summed E-state index contributed by atoms with van der Waals surface area (Å²) < 4.78 is 25.5. The third-order valence-electron chi connectivity index (χ3n) is 1.14. The maximum Gasteiger partial charge on any atom is 0.135 e. The van der Waals surface area contributed by atoms with Crippen molar-refractivity contribution in [2.75, 3.05) is 0 Å². The molecule has 0 nitrogen and oxygen atoms in total. The van der Waals surface area contributed by atoms with Crippen LogP contribution in [-0.4, -0.2) is 2.87 Å². The second-order valence-electron chi connectivity index (χ2n) is 1.90. The smallest absolute Gasteiger partial charge is 0.135 e. The molecular weight excluding hydrogens is 281 g/mol.